The maximum absolute atomic E-state index is 13.5. The molecule has 0 heterocycles. The lowest BCUT2D eigenvalue weighted by molar-refractivity contribution is -0.141. The minimum Gasteiger partial charge on any atom is -0.466 e. The Bertz CT molecular complexity index is 712. The van der Waals surface area contributed by atoms with Gasteiger partial charge in [0.15, 0.2) is 0 Å². The van der Waals surface area contributed by atoms with Crippen molar-refractivity contribution in [2.45, 2.75) is 26.1 Å². The van der Waals surface area contributed by atoms with E-state index in [9.17, 15) is 18.0 Å². The second-order valence-electron chi connectivity index (χ2n) is 5.33. The number of alkyl halides is 3. The first-order valence-electron chi connectivity index (χ1n) is 7.44. The number of carbonyl (C=O) groups is 1. The summed E-state index contributed by atoms with van der Waals surface area (Å²) >= 11 is 0. The number of rotatable bonds is 5. The van der Waals surface area contributed by atoms with Crippen molar-refractivity contribution in [3.05, 3.63) is 59.2 Å². The number of ether oxygens (including phenoxy) is 1. The molecule has 2 aromatic carbocycles. The highest BCUT2D eigenvalue weighted by Gasteiger charge is 2.36. The van der Waals surface area contributed by atoms with Crippen molar-refractivity contribution < 1.29 is 22.7 Å². The van der Waals surface area contributed by atoms with Crippen molar-refractivity contribution in [2.24, 2.45) is 5.73 Å². The molecule has 6 heteroatoms. The van der Waals surface area contributed by atoms with Crippen LogP contribution in [0.5, 0.6) is 0 Å². The second kappa shape index (κ2) is 7.49. The third-order valence-electron chi connectivity index (χ3n) is 3.59. The van der Waals surface area contributed by atoms with E-state index >= 15 is 0 Å². The highest BCUT2D eigenvalue weighted by Crippen LogP contribution is 2.37. The molecule has 0 atom stereocenters. The fraction of sp³-hybridized carbons (Fsp3) is 0.278. The van der Waals surface area contributed by atoms with Crippen LogP contribution in [0.15, 0.2) is 42.5 Å². The molecule has 0 radical (unpaired) electrons. The van der Waals surface area contributed by atoms with Crippen LogP contribution in [0.25, 0.3) is 11.1 Å². The Hall–Kier alpha value is -2.34. The number of carbonyl (C=O) groups excluding carboxylic acids is 1. The monoisotopic (exact) mass is 337 g/mol. The molecule has 0 unspecified atom stereocenters. The predicted molar refractivity (Wildman–Crippen MR) is 85.1 cm³/mol. The maximum atomic E-state index is 13.5. The normalized spacial score (nSPS) is 11.4. The van der Waals surface area contributed by atoms with Crippen LogP contribution < -0.4 is 5.73 Å². The molecule has 0 fully saturated rings. The molecule has 0 amide bonds. The van der Waals surface area contributed by atoms with Gasteiger partial charge in [-0.05, 0) is 28.3 Å². The minimum atomic E-state index is -4.52. The van der Waals surface area contributed by atoms with Crippen molar-refractivity contribution in [3.63, 3.8) is 0 Å². The Morgan fingerprint density at radius 1 is 1.08 bits per heavy atom. The van der Waals surface area contributed by atoms with Gasteiger partial charge in [0.2, 0.25) is 0 Å². The fourth-order valence-electron chi connectivity index (χ4n) is 2.59. The molecule has 0 saturated carbocycles. The maximum Gasteiger partial charge on any atom is 0.416 e. The lowest BCUT2D eigenvalue weighted by Crippen LogP contribution is -2.17. The molecule has 3 nitrogen and oxygen atoms in total. The zero-order chi connectivity index (χ0) is 17.7. The summed E-state index contributed by atoms with van der Waals surface area (Å²) in [4.78, 5) is 10.9. The summed E-state index contributed by atoms with van der Waals surface area (Å²) in [6.45, 7) is 0.882. The molecule has 128 valence electrons. The van der Waals surface area contributed by atoms with E-state index in [0.717, 1.165) is 5.56 Å². The van der Waals surface area contributed by atoms with Crippen molar-refractivity contribution in [1.29, 1.82) is 0 Å². The van der Waals surface area contributed by atoms with Gasteiger partial charge in [-0.25, -0.2) is 0 Å². The van der Waals surface area contributed by atoms with Gasteiger partial charge in [-0.1, -0.05) is 36.4 Å². The van der Waals surface area contributed by atoms with Gasteiger partial charge < -0.3 is 10.5 Å². The summed E-state index contributed by atoms with van der Waals surface area (Å²) in [6.07, 6.45) is -4.54. The topological polar surface area (TPSA) is 52.3 Å². The van der Waals surface area contributed by atoms with Crippen LogP contribution in [0.2, 0.25) is 0 Å². The zero-order valence-electron chi connectivity index (χ0n) is 13.2. The Balaban J connectivity index is 2.52. The van der Waals surface area contributed by atoms with Crippen molar-refractivity contribution in [2.75, 3.05) is 6.61 Å². The Labute approximate surface area is 138 Å². The average molecular weight is 337 g/mol. The molecular weight excluding hydrogens is 319 g/mol. The minimum absolute atomic E-state index is 0.0257. The summed E-state index contributed by atoms with van der Waals surface area (Å²) in [5.74, 6) is -0.526. The first kappa shape index (κ1) is 18.0. The number of nitrogens with two attached hydrogens (primary N) is 1. The van der Waals surface area contributed by atoms with E-state index in [1.807, 2.05) is 30.3 Å². The SMILES string of the molecule is CC(=O)OCCc1cc(-c2ccccc2)cc(CN)c1C(F)(F)F. The summed E-state index contributed by atoms with van der Waals surface area (Å²) in [5.41, 5.74) is 6.37. The standard InChI is InChI=1S/C18H18F3NO2/c1-12(23)24-8-7-14-9-15(13-5-3-2-4-6-13)10-16(11-22)17(14)18(19,20)21/h2-6,9-10H,7-8,11,22H2,1H3. The molecule has 2 aromatic rings. The number of hydrogen-bond donors (Lipinski definition) is 1. The van der Waals surface area contributed by atoms with Crippen LogP contribution in [-0.2, 0) is 28.7 Å². The summed E-state index contributed by atoms with van der Waals surface area (Å²) in [5, 5.41) is 0. The van der Waals surface area contributed by atoms with E-state index in [4.69, 9.17) is 10.5 Å². The average Bonchev–Trinajstić information content (AvgIpc) is 2.53. The van der Waals surface area contributed by atoms with Crippen LogP contribution in [0.1, 0.15) is 23.6 Å². The Morgan fingerprint density at radius 3 is 2.25 bits per heavy atom. The van der Waals surface area contributed by atoms with E-state index in [1.165, 1.54) is 19.1 Å². The van der Waals surface area contributed by atoms with Gasteiger partial charge in [0.25, 0.3) is 0 Å². The second-order valence-corrected chi connectivity index (χ2v) is 5.33. The molecular formula is C18H18F3NO2. The van der Waals surface area contributed by atoms with E-state index in [-0.39, 0.29) is 30.7 Å². The summed E-state index contributed by atoms with van der Waals surface area (Å²) in [6, 6.07) is 12.0. The fourth-order valence-corrected chi connectivity index (χ4v) is 2.59. The predicted octanol–water partition coefficient (Wildman–Crippen LogP) is 3.94. The van der Waals surface area contributed by atoms with Crippen molar-refractivity contribution >= 4 is 5.97 Å². The first-order valence-corrected chi connectivity index (χ1v) is 7.44. The third kappa shape index (κ3) is 4.35. The van der Waals surface area contributed by atoms with E-state index in [2.05, 4.69) is 0 Å². The summed E-state index contributed by atoms with van der Waals surface area (Å²) in [7, 11) is 0. The third-order valence-corrected chi connectivity index (χ3v) is 3.59. The highest BCUT2D eigenvalue weighted by molar-refractivity contribution is 5.67. The molecule has 24 heavy (non-hydrogen) atoms. The molecule has 0 spiro atoms. The smallest absolute Gasteiger partial charge is 0.416 e. The van der Waals surface area contributed by atoms with Gasteiger partial charge in [-0.3, -0.25) is 4.79 Å². The van der Waals surface area contributed by atoms with Crippen LogP contribution in [-0.4, -0.2) is 12.6 Å². The highest BCUT2D eigenvalue weighted by atomic mass is 19.4. The molecule has 0 aliphatic rings. The number of halogens is 3. The van der Waals surface area contributed by atoms with Crippen LogP contribution >= 0.6 is 0 Å². The molecule has 0 bridgehead atoms. The van der Waals surface area contributed by atoms with E-state index < -0.39 is 17.7 Å². The molecule has 0 aliphatic carbocycles. The number of benzene rings is 2. The van der Waals surface area contributed by atoms with Crippen LogP contribution in [0.4, 0.5) is 13.2 Å². The van der Waals surface area contributed by atoms with Crippen molar-refractivity contribution in [3.8, 4) is 11.1 Å². The van der Waals surface area contributed by atoms with Crippen LogP contribution in [0.3, 0.4) is 0 Å². The number of esters is 1. The van der Waals surface area contributed by atoms with Gasteiger partial charge in [-0.2, -0.15) is 13.2 Å². The van der Waals surface area contributed by atoms with Crippen molar-refractivity contribution in [1.82, 2.24) is 0 Å². The van der Waals surface area contributed by atoms with Gasteiger partial charge >= 0.3 is 12.1 Å². The van der Waals surface area contributed by atoms with Gasteiger partial charge in [0.1, 0.15) is 0 Å². The molecule has 2 rings (SSSR count). The zero-order valence-corrected chi connectivity index (χ0v) is 13.2. The molecule has 0 aromatic heterocycles. The summed E-state index contributed by atoms with van der Waals surface area (Å²) < 4.78 is 45.2. The molecule has 0 aliphatic heterocycles. The van der Waals surface area contributed by atoms with Gasteiger partial charge in [-0.15, -0.1) is 0 Å². The largest absolute Gasteiger partial charge is 0.466 e. The lowest BCUT2D eigenvalue weighted by atomic mass is 9.92. The Kier molecular flexibility index (Phi) is 5.62. The first-order chi connectivity index (χ1) is 11.3. The quantitative estimate of drug-likeness (QED) is 0.841. The molecule has 0 saturated heterocycles. The van der Waals surface area contributed by atoms with E-state index in [0.29, 0.717) is 5.56 Å². The lowest BCUT2D eigenvalue weighted by Gasteiger charge is -2.19. The molecule has 2 N–H and O–H groups in total. The van der Waals surface area contributed by atoms with Gasteiger partial charge in [0, 0.05) is 19.9 Å². The van der Waals surface area contributed by atoms with Gasteiger partial charge in [0.05, 0.1) is 12.2 Å². The Morgan fingerprint density at radius 2 is 1.71 bits per heavy atom. The van der Waals surface area contributed by atoms with Crippen LogP contribution in [0, 0.1) is 0 Å². The number of hydrogen-bond acceptors (Lipinski definition) is 3. The van der Waals surface area contributed by atoms with E-state index in [1.54, 1.807) is 0 Å².